The van der Waals surface area contributed by atoms with E-state index in [-0.39, 0.29) is 42.2 Å². The van der Waals surface area contributed by atoms with Crippen molar-refractivity contribution in [1.29, 1.82) is 0 Å². The van der Waals surface area contributed by atoms with Gasteiger partial charge in [-0.2, -0.15) is 0 Å². The first kappa shape index (κ1) is 22.2. The molecule has 0 spiro atoms. The largest absolute Gasteiger partial charge is 0.354 e. The third kappa shape index (κ3) is 8.02. The Kier molecular flexibility index (Phi) is 9.78. The van der Waals surface area contributed by atoms with E-state index in [1.807, 2.05) is 19.9 Å². The highest BCUT2D eigenvalue weighted by Crippen LogP contribution is 2.18. The molecule has 1 heterocycles. The molecule has 1 unspecified atom stereocenters. The zero-order valence-corrected chi connectivity index (χ0v) is 15.6. The SMILES string of the molecule is CC(C)(N)CNC(=O)C1CCCN(Cc2ccccc2)C1.Cl.Cl. The number of nitrogens with zero attached hydrogens (tertiary/aromatic N) is 1. The van der Waals surface area contributed by atoms with E-state index in [9.17, 15) is 4.79 Å². The van der Waals surface area contributed by atoms with Gasteiger partial charge in [0.2, 0.25) is 5.91 Å². The molecule has 4 nitrogen and oxygen atoms in total. The summed E-state index contributed by atoms with van der Waals surface area (Å²) in [6, 6.07) is 10.4. The maximum atomic E-state index is 12.2. The quantitative estimate of drug-likeness (QED) is 0.847. The fraction of sp³-hybridized carbons (Fsp3) is 0.588. The summed E-state index contributed by atoms with van der Waals surface area (Å²) in [4.78, 5) is 14.6. The van der Waals surface area contributed by atoms with Crippen LogP contribution in [0.3, 0.4) is 0 Å². The summed E-state index contributed by atoms with van der Waals surface area (Å²) in [5.41, 5.74) is 6.87. The number of nitrogens with one attached hydrogen (secondary N) is 1. The van der Waals surface area contributed by atoms with E-state index < -0.39 is 0 Å². The molecular weight excluding hydrogens is 333 g/mol. The molecule has 1 aliphatic rings. The van der Waals surface area contributed by atoms with Crippen LogP contribution in [0.2, 0.25) is 0 Å². The van der Waals surface area contributed by atoms with Crippen LogP contribution in [0.1, 0.15) is 32.3 Å². The van der Waals surface area contributed by atoms with Crippen molar-refractivity contribution in [3.63, 3.8) is 0 Å². The van der Waals surface area contributed by atoms with Gasteiger partial charge in [0.05, 0.1) is 5.92 Å². The van der Waals surface area contributed by atoms with Crippen molar-refractivity contribution in [3.8, 4) is 0 Å². The third-order valence-corrected chi connectivity index (χ3v) is 3.84. The highest BCUT2D eigenvalue weighted by atomic mass is 35.5. The van der Waals surface area contributed by atoms with Gasteiger partial charge < -0.3 is 11.1 Å². The molecule has 0 radical (unpaired) electrons. The van der Waals surface area contributed by atoms with E-state index in [0.29, 0.717) is 6.54 Å². The van der Waals surface area contributed by atoms with Gasteiger partial charge in [-0.3, -0.25) is 9.69 Å². The molecule has 1 atom stereocenters. The van der Waals surface area contributed by atoms with E-state index in [4.69, 9.17) is 5.73 Å². The molecule has 3 N–H and O–H groups in total. The number of benzene rings is 1. The Morgan fingerprint density at radius 1 is 1.30 bits per heavy atom. The number of likely N-dealkylation sites (tertiary alicyclic amines) is 1. The zero-order valence-electron chi connectivity index (χ0n) is 14.0. The molecule has 2 rings (SSSR count). The van der Waals surface area contributed by atoms with E-state index in [1.54, 1.807) is 0 Å². The number of rotatable bonds is 5. The van der Waals surface area contributed by atoms with Crippen molar-refractivity contribution in [2.45, 2.75) is 38.8 Å². The molecule has 1 aromatic carbocycles. The van der Waals surface area contributed by atoms with Crippen LogP contribution < -0.4 is 11.1 Å². The number of amides is 1. The molecule has 132 valence electrons. The average Bonchev–Trinajstić information content (AvgIpc) is 2.45. The van der Waals surface area contributed by atoms with Crippen molar-refractivity contribution in [3.05, 3.63) is 35.9 Å². The molecule has 6 heteroatoms. The van der Waals surface area contributed by atoms with E-state index in [2.05, 4.69) is 34.5 Å². The second-order valence-corrected chi connectivity index (χ2v) is 6.77. The summed E-state index contributed by atoms with van der Waals surface area (Å²) in [7, 11) is 0. The van der Waals surface area contributed by atoms with Gasteiger partial charge in [-0.05, 0) is 38.8 Å². The van der Waals surface area contributed by atoms with Crippen LogP contribution in [-0.4, -0.2) is 36.0 Å². The summed E-state index contributed by atoms with van der Waals surface area (Å²) in [5, 5.41) is 2.99. The summed E-state index contributed by atoms with van der Waals surface area (Å²) in [6.45, 7) is 7.21. The van der Waals surface area contributed by atoms with Crippen molar-refractivity contribution in [2.24, 2.45) is 11.7 Å². The van der Waals surface area contributed by atoms with Crippen LogP contribution in [0.5, 0.6) is 0 Å². The lowest BCUT2D eigenvalue weighted by molar-refractivity contribution is -0.127. The summed E-state index contributed by atoms with van der Waals surface area (Å²) < 4.78 is 0. The first-order valence-corrected chi connectivity index (χ1v) is 7.77. The van der Waals surface area contributed by atoms with Gasteiger partial charge in [0, 0.05) is 25.2 Å². The normalized spacial score (nSPS) is 18.5. The Morgan fingerprint density at radius 3 is 2.57 bits per heavy atom. The number of carbonyl (C=O) groups excluding carboxylic acids is 1. The Hall–Kier alpha value is -0.810. The fourth-order valence-corrected chi connectivity index (χ4v) is 2.71. The molecule has 1 aliphatic heterocycles. The molecule has 0 aliphatic carbocycles. The van der Waals surface area contributed by atoms with Crippen LogP contribution in [-0.2, 0) is 11.3 Å². The van der Waals surface area contributed by atoms with Crippen molar-refractivity contribution >= 4 is 30.7 Å². The highest BCUT2D eigenvalue weighted by Gasteiger charge is 2.26. The molecule has 0 saturated carbocycles. The Bertz CT molecular complexity index is 463. The zero-order chi connectivity index (χ0) is 15.3. The van der Waals surface area contributed by atoms with E-state index >= 15 is 0 Å². The van der Waals surface area contributed by atoms with E-state index in [0.717, 1.165) is 32.5 Å². The highest BCUT2D eigenvalue weighted by molar-refractivity contribution is 5.85. The minimum absolute atomic E-state index is 0. The first-order chi connectivity index (χ1) is 9.94. The van der Waals surface area contributed by atoms with Gasteiger partial charge in [0.1, 0.15) is 0 Å². The molecule has 0 aromatic heterocycles. The molecule has 0 bridgehead atoms. The van der Waals surface area contributed by atoms with Crippen molar-refractivity contribution in [1.82, 2.24) is 10.2 Å². The third-order valence-electron chi connectivity index (χ3n) is 3.84. The number of piperidine rings is 1. The van der Waals surface area contributed by atoms with Crippen LogP contribution in [0.4, 0.5) is 0 Å². The molecule has 1 saturated heterocycles. The maximum absolute atomic E-state index is 12.2. The lowest BCUT2D eigenvalue weighted by Crippen LogP contribution is -2.49. The van der Waals surface area contributed by atoms with Crippen LogP contribution in [0.25, 0.3) is 0 Å². The van der Waals surface area contributed by atoms with Gasteiger partial charge in [-0.1, -0.05) is 30.3 Å². The monoisotopic (exact) mass is 361 g/mol. The molecule has 1 fully saturated rings. The van der Waals surface area contributed by atoms with Gasteiger partial charge in [0.15, 0.2) is 0 Å². The fourth-order valence-electron chi connectivity index (χ4n) is 2.71. The van der Waals surface area contributed by atoms with Crippen LogP contribution >= 0.6 is 24.8 Å². The van der Waals surface area contributed by atoms with Crippen molar-refractivity contribution in [2.75, 3.05) is 19.6 Å². The summed E-state index contributed by atoms with van der Waals surface area (Å²) in [5.74, 6) is 0.232. The number of halogens is 2. The molecule has 23 heavy (non-hydrogen) atoms. The van der Waals surface area contributed by atoms with Gasteiger partial charge in [-0.15, -0.1) is 24.8 Å². The lowest BCUT2D eigenvalue weighted by atomic mass is 9.96. The van der Waals surface area contributed by atoms with Gasteiger partial charge in [0.25, 0.3) is 0 Å². The Balaban J connectivity index is 0.00000242. The standard InChI is InChI=1S/C17H27N3O.2ClH/c1-17(2,18)13-19-16(21)15-9-6-10-20(12-15)11-14-7-4-3-5-8-14;;/h3-5,7-8,15H,6,9-13,18H2,1-2H3,(H,19,21);2*1H. The van der Waals surface area contributed by atoms with Crippen molar-refractivity contribution < 1.29 is 4.79 Å². The Labute approximate surface area is 152 Å². The Morgan fingerprint density at radius 2 is 1.96 bits per heavy atom. The number of carbonyl (C=O) groups is 1. The predicted molar refractivity (Wildman–Crippen MR) is 100 cm³/mol. The molecule has 1 aromatic rings. The topological polar surface area (TPSA) is 58.4 Å². The van der Waals surface area contributed by atoms with Crippen LogP contribution in [0.15, 0.2) is 30.3 Å². The molecule has 1 amide bonds. The second-order valence-electron chi connectivity index (χ2n) is 6.77. The van der Waals surface area contributed by atoms with Crippen LogP contribution in [0, 0.1) is 5.92 Å². The smallest absolute Gasteiger partial charge is 0.224 e. The first-order valence-electron chi connectivity index (χ1n) is 7.77. The number of nitrogens with two attached hydrogens (primary N) is 1. The van der Waals surface area contributed by atoms with E-state index in [1.165, 1.54) is 5.56 Å². The average molecular weight is 362 g/mol. The van der Waals surface area contributed by atoms with Gasteiger partial charge in [-0.25, -0.2) is 0 Å². The number of hydrogen-bond acceptors (Lipinski definition) is 3. The lowest BCUT2D eigenvalue weighted by Gasteiger charge is -2.32. The predicted octanol–water partition coefficient (Wildman–Crippen LogP) is 2.60. The number of hydrogen-bond donors (Lipinski definition) is 2. The minimum Gasteiger partial charge on any atom is -0.354 e. The maximum Gasteiger partial charge on any atom is 0.224 e. The summed E-state index contributed by atoms with van der Waals surface area (Å²) >= 11 is 0. The molecular formula is C17H29Cl2N3O. The second kappa shape index (κ2) is 10.1. The minimum atomic E-state index is -0.353. The summed E-state index contributed by atoms with van der Waals surface area (Å²) in [6.07, 6.45) is 2.05. The van der Waals surface area contributed by atoms with Gasteiger partial charge >= 0.3 is 0 Å².